The quantitative estimate of drug-likeness (QED) is 0.846. The van der Waals surface area contributed by atoms with Gasteiger partial charge in [0.2, 0.25) is 0 Å². The molecule has 5 heteroatoms. The lowest BCUT2D eigenvalue weighted by molar-refractivity contribution is 0.389. The van der Waals surface area contributed by atoms with Gasteiger partial charge in [0.05, 0.1) is 10.6 Å². The first-order valence-corrected chi connectivity index (χ1v) is 9.69. The molecule has 1 saturated carbocycles. The van der Waals surface area contributed by atoms with E-state index in [4.69, 9.17) is 0 Å². The van der Waals surface area contributed by atoms with Gasteiger partial charge in [0.25, 0.3) is 0 Å². The van der Waals surface area contributed by atoms with E-state index in [-0.39, 0.29) is 11.8 Å². The third kappa shape index (κ3) is 4.06. The summed E-state index contributed by atoms with van der Waals surface area (Å²) in [7, 11) is -3.22. The predicted octanol–water partition coefficient (Wildman–Crippen LogP) is 3.39. The van der Waals surface area contributed by atoms with Gasteiger partial charge in [-0.2, -0.15) is 0 Å². The van der Waals surface area contributed by atoms with Crippen LogP contribution in [0.25, 0.3) is 0 Å². The summed E-state index contributed by atoms with van der Waals surface area (Å²) in [5.74, 6) is 0.702. The van der Waals surface area contributed by atoms with Gasteiger partial charge < -0.3 is 5.32 Å². The maximum atomic E-state index is 12.5. The van der Waals surface area contributed by atoms with Crippen molar-refractivity contribution in [2.24, 2.45) is 5.92 Å². The van der Waals surface area contributed by atoms with Gasteiger partial charge in [-0.05, 0) is 49.6 Å². The van der Waals surface area contributed by atoms with Gasteiger partial charge >= 0.3 is 0 Å². The molecule has 3 nitrogen and oxygen atoms in total. The van der Waals surface area contributed by atoms with Gasteiger partial charge in [0.15, 0.2) is 9.84 Å². The molecule has 1 aromatic carbocycles. The van der Waals surface area contributed by atoms with Gasteiger partial charge in [-0.15, -0.1) is 0 Å². The summed E-state index contributed by atoms with van der Waals surface area (Å²) in [5.41, 5.74) is 0. The topological polar surface area (TPSA) is 46.2 Å². The molecule has 0 spiro atoms. The Balaban J connectivity index is 2.13. The van der Waals surface area contributed by atoms with Crippen molar-refractivity contribution in [2.75, 3.05) is 12.3 Å². The fourth-order valence-corrected chi connectivity index (χ4v) is 4.83. The van der Waals surface area contributed by atoms with E-state index in [0.717, 1.165) is 23.9 Å². The summed E-state index contributed by atoms with van der Waals surface area (Å²) in [6.07, 6.45) is 4.75. The normalized spacial score (nSPS) is 18.3. The molecule has 1 aliphatic rings. The third-order valence-electron chi connectivity index (χ3n) is 4.01. The molecular formula is C15H22BrNO2S. The minimum atomic E-state index is -3.22. The van der Waals surface area contributed by atoms with Crippen molar-refractivity contribution in [2.45, 2.75) is 43.5 Å². The second-order valence-corrected chi connectivity index (χ2v) is 8.39. The fraction of sp³-hybridized carbons (Fsp3) is 0.600. The first kappa shape index (κ1) is 16.0. The van der Waals surface area contributed by atoms with Crippen LogP contribution in [0.5, 0.6) is 0 Å². The average Bonchev–Trinajstić information content (AvgIpc) is 2.92. The first-order valence-electron chi connectivity index (χ1n) is 7.24. The van der Waals surface area contributed by atoms with Crippen LogP contribution in [0.15, 0.2) is 33.6 Å². The second-order valence-electron chi connectivity index (χ2n) is 5.44. The minimum absolute atomic E-state index is 0.0798. The lowest BCUT2D eigenvalue weighted by Gasteiger charge is -2.24. The molecule has 1 unspecified atom stereocenters. The van der Waals surface area contributed by atoms with E-state index < -0.39 is 9.84 Å². The maximum Gasteiger partial charge on any atom is 0.179 e. The number of hydrogen-bond donors (Lipinski definition) is 1. The van der Waals surface area contributed by atoms with Crippen molar-refractivity contribution in [3.05, 3.63) is 28.7 Å². The van der Waals surface area contributed by atoms with Crippen molar-refractivity contribution in [3.63, 3.8) is 0 Å². The van der Waals surface area contributed by atoms with Gasteiger partial charge in [0, 0.05) is 10.5 Å². The minimum Gasteiger partial charge on any atom is -0.313 e. The molecule has 1 aromatic rings. The summed E-state index contributed by atoms with van der Waals surface area (Å²) < 4.78 is 26.0. The highest BCUT2D eigenvalue weighted by Gasteiger charge is 2.29. The Morgan fingerprint density at radius 3 is 2.40 bits per heavy atom. The highest BCUT2D eigenvalue weighted by molar-refractivity contribution is 9.10. The summed E-state index contributed by atoms with van der Waals surface area (Å²) in [6.45, 7) is 2.85. The molecule has 0 radical (unpaired) electrons. The van der Waals surface area contributed by atoms with Crippen LogP contribution in [0.3, 0.4) is 0 Å². The van der Waals surface area contributed by atoms with E-state index in [9.17, 15) is 8.42 Å². The maximum absolute atomic E-state index is 12.5. The van der Waals surface area contributed by atoms with Gasteiger partial charge in [-0.1, -0.05) is 35.7 Å². The number of nitrogens with one attached hydrogen (secondary N) is 1. The molecule has 112 valence electrons. The van der Waals surface area contributed by atoms with Gasteiger partial charge in [0.1, 0.15) is 0 Å². The van der Waals surface area contributed by atoms with Gasteiger partial charge in [-0.3, -0.25) is 0 Å². The van der Waals surface area contributed by atoms with Crippen molar-refractivity contribution in [3.8, 4) is 0 Å². The van der Waals surface area contributed by atoms with Crippen LogP contribution >= 0.6 is 15.9 Å². The third-order valence-corrected chi connectivity index (χ3v) is 6.32. The summed E-state index contributed by atoms with van der Waals surface area (Å²) in [6, 6.07) is 7.00. The average molecular weight is 360 g/mol. The monoisotopic (exact) mass is 359 g/mol. The molecule has 20 heavy (non-hydrogen) atoms. The zero-order valence-electron chi connectivity index (χ0n) is 11.8. The number of sulfone groups is 1. The molecule has 0 bridgehead atoms. The lowest BCUT2D eigenvalue weighted by Crippen LogP contribution is -2.40. The highest BCUT2D eigenvalue weighted by Crippen LogP contribution is 2.29. The Bertz CT molecular complexity index is 521. The Morgan fingerprint density at radius 1 is 1.25 bits per heavy atom. The molecule has 1 aliphatic carbocycles. The SMILES string of the molecule is CCNC(CS(=O)(=O)c1ccc(Br)cc1)C1CCCC1. The van der Waals surface area contributed by atoms with E-state index in [1.165, 1.54) is 12.8 Å². The van der Waals surface area contributed by atoms with Crippen LogP contribution in [0.2, 0.25) is 0 Å². The largest absolute Gasteiger partial charge is 0.313 e. The van der Waals surface area contributed by atoms with Crippen LogP contribution < -0.4 is 5.32 Å². The van der Waals surface area contributed by atoms with E-state index in [2.05, 4.69) is 21.2 Å². The van der Waals surface area contributed by atoms with E-state index in [0.29, 0.717) is 10.8 Å². The van der Waals surface area contributed by atoms with Crippen molar-refractivity contribution in [1.29, 1.82) is 0 Å². The molecule has 0 aliphatic heterocycles. The molecular weight excluding hydrogens is 338 g/mol. The summed E-state index contributed by atoms with van der Waals surface area (Å²) in [5, 5.41) is 3.37. The standard InChI is InChI=1S/C15H22BrNO2S/c1-2-17-15(12-5-3-4-6-12)11-20(18,19)14-9-7-13(16)8-10-14/h7-10,12,15,17H,2-6,11H2,1H3. The zero-order valence-corrected chi connectivity index (χ0v) is 14.2. The Labute approximate surface area is 130 Å². The van der Waals surface area contributed by atoms with Crippen LogP contribution in [0.1, 0.15) is 32.6 Å². The molecule has 0 heterocycles. The van der Waals surface area contributed by atoms with Crippen molar-refractivity contribution in [1.82, 2.24) is 5.32 Å². The first-order chi connectivity index (χ1) is 9.53. The van der Waals surface area contributed by atoms with Crippen LogP contribution in [0.4, 0.5) is 0 Å². The lowest BCUT2D eigenvalue weighted by atomic mass is 10.00. The Morgan fingerprint density at radius 2 is 1.85 bits per heavy atom. The van der Waals surface area contributed by atoms with Gasteiger partial charge in [-0.25, -0.2) is 8.42 Å². The Hall–Kier alpha value is -0.390. The fourth-order valence-electron chi connectivity index (χ4n) is 2.96. The molecule has 1 N–H and O–H groups in total. The van der Waals surface area contributed by atoms with Crippen molar-refractivity contribution < 1.29 is 8.42 Å². The van der Waals surface area contributed by atoms with Crippen molar-refractivity contribution >= 4 is 25.8 Å². The van der Waals surface area contributed by atoms with Crippen LogP contribution in [-0.4, -0.2) is 26.8 Å². The number of hydrogen-bond acceptors (Lipinski definition) is 3. The Kier molecular flexibility index (Phi) is 5.64. The number of rotatable bonds is 6. The molecule has 1 fully saturated rings. The molecule has 1 atom stereocenters. The van der Waals surface area contributed by atoms with E-state index in [1.54, 1.807) is 24.3 Å². The zero-order chi connectivity index (χ0) is 14.6. The highest BCUT2D eigenvalue weighted by atomic mass is 79.9. The van der Waals surface area contributed by atoms with Crippen LogP contribution in [-0.2, 0) is 9.84 Å². The number of halogens is 1. The summed E-state index contributed by atoms with van der Waals surface area (Å²) >= 11 is 3.33. The molecule has 0 amide bonds. The molecule has 0 saturated heterocycles. The molecule has 2 rings (SSSR count). The van der Waals surface area contributed by atoms with E-state index >= 15 is 0 Å². The smallest absolute Gasteiger partial charge is 0.179 e. The van der Waals surface area contributed by atoms with E-state index in [1.807, 2.05) is 6.92 Å². The number of benzene rings is 1. The molecule has 0 aromatic heterocycles. The van der Waals surface area contributed by atoms with Crippen LogP contribution in [0, 0.1) is 5.92 Å². The second kappa shape index (κ2) is 7.05. The predicted molar refractivity (Wildman–Crippen MR) is 85.6 cm³/mol. The summed E-state index contributed by atoms with van der Waals surface area (Å²) in [4.78, 5) is 0.418.